The summed E-state index contributed by atoms with van der Waals surface area (Å²) in [5.74, 6) is 1.77. The van der Waals surface area contributed by atoms with Crippen LogP contribution in [-0.4, -0.2) is 52.4 Å². The lowest BCUT2D eigenvalue weighted by Crippen LogP contribution is -2.31. The van der Waals surface area contributed by atoms with E-state index >= 15 is 0 Å². The third kappa shape index (κ3) is 10.7. The molecule has 2 aliphatic rings. The predicted molar refractivity (Wildman–Crippen MR) is 311 cm³/mol. The molecule has 0 bridgehead atoms. The maximum Gasteiger partial charge on any atom is 0.0366 e. The molecule has 6 aromatic carbocycles. The van der Waals surface area contributed by atoms with Gasteiger partial charge in [-0.05, 0) is 201 Å². The van der Waals surface area contributed by atoms with Crippen molar-refractivity contribution in [3.8, 4) is 0 Å². The van der Waals surface area contributed by atoms with E-state index in [2.05, 4.69) is 259 Å². The lowest BCUT2D eigenvalue weighted by Gasteiger charge is -2.43. The monoisotopic (exact) mass is 941 g/mol. The molecule has 0 spiro atoms. The van der Waals surface area contributed by atoms with Gasteiger partial charge in [-0.2, -0.15) is 0 Å². The van der Waals surface area contributed by atoms with Crippen LogP contribution in [0, 0.1) is 23.7 Å². The fourth-order valence-electron chi connectivity index (χ4n) is 11.5. The number of anilines is 4. The SMILES string of the molecule is CCN(CC)c1ccc(C(=C(C2=CC(CC3C=C(C(=C(c4ccc(N(CC)CC)cc4)c4ccc(N(CC)CC)cc4)c4ccccc4)C3C)C2C)c2ccccc2)c2ccc(N(CC)CC)cc2)cc1. The van der Waals surface area contributed by atoms with Gasteiger partial charge in [-0.15, -0.1) is 0 Å². The maximum absolute atomic E-state index is 2.63. The standard InChI is InChI=1S/C67H80N4/c1-11-68(12-2)58-37-29-52(30-38-58)64(53-31-39-59(40-32-53)69(13-3)14-4)66(50-25-21-19-22-26-50)62-46-56(48(62)9)45-57-47-63(49(57)10)67(51-27-23-20-24-28-51)65(54-33-41-60(42-34-54)70(15-5)16-6)55-35-43-61(44-36-55)71(17-7)18-8/h19-44,46-49,56-57H,11-18,45H2,1-10H3. The summed E-state index contributed by atoms with van der Waals surface area (Å²) in [5, 5.41) is 0. The Balaban J connectivity index is 1.21. The highest BCUT2D eigenvalue weighted by Gasteiger charge is 2.39. The van der Waals surface area contributed by atoms with Crippen molar-refractivity contribution in [2.75, 3.05) is 72.0 Å². The van der Waals surface area contributed by atoms with Crippen LogP contribution >= 0.6 is 0 Å². The van der Waals surface area contributed by atoms with Crippen LogP contribution in [0.15, 0.2) is 181 Å². The molecule has 6 aromatic rings. The van der Waals surface area contributed by atoms with Crippen LogP contribution in [0.25, 0.3) is 22.3 Å². The first-order valence-corrected chi connectivity index (χ1v) is 27.1. The second kappa shape index (κ2) is 23.6. The first-order valence-electron chi connectivity index (χ1n) is 27.1. The number of hydrogen-bond donors (Lipinski definition) is 0. The zero-order valence-electron chi connectivity index (χ0n) is 44.6. The summed E-state index contributed by atoms with van der Waals surface area (Å²) < 4.78 is 0. The van der Waals surface area contributed by atoms with Gasteiger partial charge >= 0.3 is 0 Å². The van der Waals surface area contributed by atoms with E-state index in [0.717, 1.165) is 58.8 Å². The Kier molecular flexibility index (Phi) is 16.9. The summed E-state index contributed by atoms with van der Waals surface area (Å²) in [6, 6.07) is 59.8. The number of hydrogen-bond acceptors (Lipinski definition) is 4. The van der Waals surface area contributed by atoms with Crippen molar-refractivity contribution in [3.05, 3.63) is 214 Å². The normalized spacial score (nSPS) is 17.0. The molecule has 0 fully saturated rings. The molecule has 0 heterocycles. The minimum Gasteiger partial charge on any atom is -0.372 e. The molecule has 0 N–H and O–H groups in total. The number of benzene rings is 6. The van der Waals surface area contributed by atoms with E-state index in [4.69, 9.17) is 0 Å². The smallest absolute Gasteiger partial charge is 0.0366 e. The van der Waals surface area contributed by atoms with Gasteiger partial charge < -0.3 is 19.6 Å². The van der Waals surface area contributed by atoms with Crippen LogP contribution < -0.4 is 19.6 Å². The van der Waals surface area contributed by atoms with Gasteiger partial charge in [0, 0.05) is 75.1 Å². The van der Waals surface area contributed by atoms with Crippen LogP contribution in [0.2, 0.25) is 0 Å². The van der Waals surface area contributed by atoms with E-state index in [1.807, 2.05) is 0 Å². The van der Waals surface area contributed by atoms with Crippen LogP contribution in [0.3, 0.4) is 0 Å². The van der Waals surface area contributed by atoms with Gasteiger partial charge in [0.05, 0.1) is 0 Å². The van der Waals surface area contributed by atoms with E-state index in [9.17, 15) is 0 Å². The van der Waals surface area contributed by atoms with Crippen LogP contribution in [0.1, 0.15) is 109 Å². The Morgan fingerprint density at radius 3 is 0.732 bits per heavy atom. The van der Waals surface area contributed by atoms with Gasteiger partial charge in [0.1, 0.15) is 0 Å². The minimum absolute atomic E-state index is 0.406. The van der Waals surface area contributed by atoms with E-state index in [-0.39, 0.29) is 0 Å². The molecular formula is C67H80N4. The fraction of sp³-hybridized carbons (Fsp3) is 0.343. The van der Waals surface area contributed by atoms with Crippen LogP contribution in [0.5, 0.6) is 0 Å². The average molecular weight is 941 g/mol. The maximum atomic E-state index is 2.63. The molecule has 4 nitrogen and oxygen atoms in total. The Labute approximate surface area is 428 Å². The Morgan fingerprint density at radius 1 is 0.296 bits per heavy atom. The van der Waals surface area contributed by atoms with Crippen molar-refractivity contribution >= 4 is 45.0 Å². The molecule has 4 atom stereocenters. The number of rotatable bonds is 22. The highest BCUT2D eigenvalue weighted by Crippen LogP contribution is 2.53. The van der Waals surface area contributed by atoms with E-state index < -0.39 is 0 Å². The summed E-state index contributed by atoms with van der Waals surface area (Å²) in [6.45, 7) is 30.8. The molecule has 8 rings (SSSR count). The van der Waals surface area contributed by atoms with E-state index in [1.54, 1.807) is 0 Å². The Hall–Kier alpha value is -6.52. The Bertz CT molecular complexity index is 2450. The minimum atomic E-state index is 0.406. The molecule has 71 heavy (non-hydrogen) atoms. The van der Waals surface area contributed by atoms with E-state index in [1.165, 1.54) is 89.6 Å². The molecule has 0 radical (unpaired) electrons. The van der Waals surface area contributed by atoms with Crippen molar-refractivity contribution in [3.63, 3.8) is 0 Å². The zero-order valence-corrected chi connectivity index (χ0v) is 44.6. The third-order valence-corrected chi connectivity index (χ3v) is 15.9. The number of allylic oxidation sites excluding steroid dienone is 6. The first-order chi connectivity index (χ1) is 34.7. The summed E-state index contributed by atoms with van der Waals surface area (Å²) in [7, 11) is 0. The van der Waals surface area contributed by atoms with Crippen molar-refractivity contribution in [1.82, 2.24) is 0 Å². The molecule has 4 heteroatoms. The Morgan fingerprint density at radius 2 is 0.521 bits per heavy atom. The van der Waals surface area contributed by atoms with Gasteiger partial charge in [-0.1, -0.05) is 135 Å². The molecule has 0 saturated carbocycles. The molecule has 0 amide bonds. The van der Waals surface area contributed by atoms with Gasteiger partial charge in [0.2, 0.25) is 0 Å². The third-order valence-electron chi connectivity index (χ3n) is 15.9. The van der Waals surface area contributed by atoms with Crippen LogP contribution in [-0.2, 0) is 0 Å². The average Bonchev–Trinajstić information content (AvgIpc) is 3.42. The fourth-order valence-corrected chi connectivity index (χ4v) is 11.5. The summed E-state index contributed by atoms with van der Waals surface area (Å²) in [5.41, 5.74) is 20.9. The van der Waals surface area contributed by atoms with Crippen molar-refractivity contribution in [2.24, 2.45) is 23.7 Å². The van der Waals surface area contributed by atoms with Crippen molar-refractivity contribution < 1.29 is 0 Å². The second-order valence-electron chi connectivity index (χ2n) is 19.5. The molecule has 0 aromatic heterocycles. The largest absolute Gasteiger partial charge is 0.372 e. The molecule has 368 valence electrons. The predicted octanol–water partition coefficient (Wildman–Crippen LogP) is 16.5. The quantitative estimate of drug-likeness (QED) is 0.0629. The summed E-state index contributed by atoms with van der Waals surface area (Å²) in [6.07, 6.45) is 6.40. The molecular weight excluding hydrogens is 861 g/mol. The summed E-state index contributed by atoms with van der Waals surface area (Å²) >= 11 is 0. The number of nitrogens with zero attached hydrogens (tertiary/aromatic N) is 4. The highest BCUT2D eigenvalue weighted by atomic mass is 15.1. The van der Waals surface area contributed by atoms with Gasteiger partial charge in [0.25, 0.3) is 0 Å². The molecule has 2 aliphatic carbocycles. The highest BCUT2D eigenvalue weighted by molar-refractivity contribution is 6.06. The van der Waals surface area contributed by atoms with Gasteiger partial charge in [-0.3, -0.25) is 0 Å². The van der Waals surface area contributed by atoms with Gasteiger partial charge in [0.15, 0.2) is 0 Å². The van der Waals surface area contributed by atoms with Gasteiger partial charge in [-0.25, -0.2) is 0 Å². The second-order valence-corrected chi connectivity index (χ2v) is 19.5. The van der Waals surface area contributed by atoms with E-state index in [0.29, 0.717) is 23.7 Å². The lowest BCUT2D eigenvalue weighted by molar-refractivity contribution is 0.306. The van der Waals surface area contributed by atoms with Crippen molar-refractivity contribution in [1.29, 1.82) is 0 Å². The zero-order chi connectivity index (χ0) is 50.0. The van der Waals surface area contributed by atoms with Crippen LogP contribution in [0.4, 0.5) is 22.7 Å². The molecule has 0 aliphatic heterocycles. The topological polar surface area (TPSA) is 13.0 Å². The molecule has 4 unspecified atom stereocenters. The van der Waals surface area contributed by atoms with Crippen molar-refractivity contribution in [2.45, 2.75) is 75.7 Å². The lowest BCUT2D eigenvalue weighted by atomic mass is 9.61. The summed E-state index contributed by atoms with van der Waals surface area (Å²) in [4.78, 5) is 9.73. The first kappa shape index (κ1) is 50.9. The molecule has 0 saturated heterocycles.